The Hall–Kier alpha value is -1.19. The van der Waals surface area contributed by atoms with Gasteiger partial charge in [0.1, 0.15) is 4.90 Å². The normalized spacial score (nSPS) is 18.8. The van der Waals surface area contributed by atoms with Crippen LogP contribution in [0.3, 0.4) is 0 Å². The van der Waals surface area contributed by atoms with Gasteiger partial charge in [-0.3, -0.25) is 4.55 Å². The van der Waals surface area contributed by atoms with Gasteiger partial charge < -0.3 is 39.4 Å². The first kappa shape index (κ1) is 28.8. The van der Waals surface area contributed by atoms with E-state index in [-0.39, 0.29) is 42.3 Å². The molecule has 0 amide bonds. The minimum Gasteiger partial charge on any atom is -0.412 e. The van der Waals surface area contributed by atoms with Crippen molar-refractivity contribution in [2.24, 2.45) is 0 Å². The Morgan fingerprint density at radius 2 is 0.900 bits per heavy atom. The molecule has 0 atom stereocenters. The van der Waals surface area contributed by atoms with Gasteiger partial charge in [-0.2, -0.15) is 8.42 Å². The molecule has 2 rings (SSSR count). The van der Waals surface area contributed by atoms with Gasteiger partial charge in [-0.15, -0.1) is 0 Å². The van der Waals surface area contributed by atoms with E-state index >= 15 is 0 Å². The molecular formula is C18H32O11S. The van der Waals surface area contributed by atoms with Crippen LogP contribution in [0.15, 0.2) is 23.1 Å². The van der Waals surface area contributed by atoms with Crippen LogP contribution in [0.1, 0.15) is 11.1 Å². The van der Waals surface area contributed by atoms with Crippen molar-refractivity contribution >= 4 is 10.1 Å². The highest BCUT2D eigenvalue weighted by atomic mass is 32.2. The average molecular weight is 457 g/mol. The Balaban J connectivity index is 0.00000420. The summed E-state index contributed by atoms with van der Waals surface area (Å²) in [4.78, 5) is -0.176. The Labute approximate surface area is 176 Å². The van der Waals surface area contributed by atoms with Crippen LogP contribution in [0.2, 0.25) is 0 Å². The largest absolute Gasteiger partial charge is 0.412 e. The minimum atomic E-state index is -4.42. The van der Waals surface area contributed by atoms with E-state index in [0.717, 1.165) is 0 Å². The Morgan fingerprint density at radius 3 is 1.20 bits per heavy atom. The molecule has 11 nitrogen and oxygen atoms in total. The molecule has 1 aliphatic rings. The van der Waals surface area contributed by atoms with Crippen molar-refractivity contribution < 1.29 is 52.3 Å². The fourth-order valence-corrected chi connectivity index (χ4v) is 3.48. The van der Waals surface area contributed by atoms with E-state index < -0.39 is 10.1 Å². The van der Waals surface area contributed by atoms with E-state index in [1.165, 1.54) is 0 Å². The predicted octanol–water partition coefficient (Wildman–Crippen LogP) is -0.603. The zero-order valence-corrected chi connectivity index (χ0v) is 17.7. The summed E-state index contributed by atoms with van der Waals surface area (Å²) in [5.74, 6) is 0. The summed E-state index contributed by atoms with van der Waals surface area (Å²) in [7, 11) is -4.42. The maximum absolute atomic E-state index is 11.9. The molecule has 0 saturated heterocycles. The second-order valence-corrected chi connectivity index (χ2v) is 7.29. The molecule has 0 aliphatic carbocycles. The van der Waals surface area contributed by atoms with Gasteiger partial charge in [0.05, 0.1) is 79.3 Å². The fourth-order valence-electron chi connectivity index (χ4n) is 2.56. The summed E-state index contributed by atoms with van der Waals surface area (Å²) in [6.07, 6.45) is 0. The molecule has 0 radical (unpaired) electrons. The van der Waals surface area contributed by atoms with E-state index in [0.29, 0.717) is 64.0 Å². The fraction of sp³-hybridized carbons (Fsp3) is 0.667. The maximum Gasteiger partial charge on any atom is 0.295 e. The van der Waals surface area contributed by atoms with Gasteiger partial charge in [-0.1, -0.05) is 18.2 Å². The van der Waals surface area contributed by atoms with Crippen LogP contribution in [0, 0.1) is 0 Å². The van der Waals surface area contributed by atoms with Crippen LogP contribution >= 0.6 is 0 Å². The summed E-state index contributed by atoms with van der Waals surface area (Å²) in [5.41, 5.74) is 0.734. The van der Waals surface area contributed by atoms with Crippen molar-refractivity contribution in [1.82, 2.24) is 0 Å². The van der Waals surface area contributed by atoms with Crippen molar-refractivity contribution in [3.8, 4) is 0 Å². The molecule has 30 heavy (non-hydrogen) atoms. The number of rotatable bonds is 1. The summed E-state index contributed by atoms with van der Waals surface area (Å²) in [6, 6.07) is 4.89. The number of hydrogen-bond acceptors (Lipinski definition) is 8. The van der Waals surface area contributed by atoms with Gasteiger partial charge in [0.2, 0.25) is 0 Å². The monoisotopic (exact) mass is 456 g/mol. The second-order valence-electron chi connectivity index (χ2n) is 5.94. The SMILES string of the molecule is O.O.O=S(=O)(O)c1c2cccc1COCCOCCOCCOCCOCCOC2. The van der Waals surface area contributed by atoms with Crippen LogP contribution in [0.5, 0.6) is 0 Å². The quantitative estimate of drug-likeness (QED) is 0.541. The molecule has 0 saturated carbocycles. The van der Waals surface area contributed by atoms with Gasteiger partial charge in [0, 0.05) is 0 Å². The van der Waals surface area contributed by atoms with Crippen LogP contribution in [-0.2, 0) is 51.8 Å². The molecule has 0 aromatic heterocycles. The molecule has 5 N–H and O–H groups in total. The molecule has 176 valence electrons. The molecule has 1 aromatic carbocycles. The van der Waals surface area contributed by atoms with Crippen molar-refractivity contribution in [2.45, 2.75) is 18.1 Å². The van der Waals surface area contributed by atoms with Gasteiger partial charge >= 0.3 is 0 Å². The van der Waals surface area contributed by atoms with Crippen LogP contribution in [0.4, 0.5) is 0 Å². The smallest absolute Gasteiger partial charge is 0.295 e. The Bertz CT molecular complexity index is 628. The molecule has 2 bridgehead atoms. The molecule has 12 heteroatoms. The predicted molar refractivity (Wildman–Crippen MR) is 106 cm³/mol. The van der Waals surface area contributed by atoms with Crippen molar-refractivity contribution in [2.75, 3.05) is 66.1 Å². The molecule has 1 heterocycles. The number of hydrogen-bond donors (Lipinski definition) is 1. The lowest BCUT2D eigenvalue weighted by molar-refractivity contribution is -0.0181. The van der Waals surface area contributed by atoms with Crippen molar-refractivity contribution in [3.63, 3.8) is 0 Å². The van der Waals surface area contributed by atoms with Gasteiger partial charge in [0.15, 0.2) is 0 Å². The molecule has 1 aromatic rings. The third-order valence-electron chi connectivity index (χ3n) is 3.81. The molecule has 0 unspecified atom stereocenters. The first-order valence-electron chi connectivity index (χ1n) is 9.14. The Kier molecular flexibility index (Phi) is 15.8. The second kappa shape index (κ2) is 16.5. The standard InChI is InChI=1S/C18H28O9S.2H2O/c19-28(20,21)18-16-2-1-3-17(18)15-27-13-11-25-9-7-23-5-4-22-6-8-24-10-12-26-14-16;;/h1-3H,4-15H2,(H,19,20,21);2*1H2. The van der Waals surface area contributed by atoms with Crippen molar-refractivity contribution in [1.29, 1.82) is 0 Å². The van der Waals surface area contributed by atoms with E-state index in [1.807, 2.05) is 0 Å². The number of benzene rings is 1. The summed E-state index contributed by atoms with van der Waals surface area (Å²) >= 11 is 0. The van der Waals surface area contributed by atoms with Gasteiger partial charge in [0.25, 0.3) is 10.1 Å². The lowest BCUT2D eigenvalue weighted by Gasteiger charge is -2.13. The number of ether oxygens (including phenoxy) is 6. The summed E-state index contributed by atoms with van der Waals surface area (Å²) in [6.45, 7) is 4.05. The highest BCUT2D eigenvalue weighted by Crippen LogP contribution is 2.22. The van der Waals surface area contributed by atoms with Crippen LogP contribution < -0.4 is 0 Å². The lowest BCUT2D eigenvalue weighted by Crippen LogP contribution is -2.13. The summed E-state index contributed by atoms with van der Waals surface area (Å²) in [5, 5.41) is 0. The van der Waals surface area contributed by atoms with Crippen molar-refractivity contribution in [3.05, 3.63) is 29.3 Å². The molecule has 0 fully saturated rings. The van der Waals surface area contributed by atoms with E-state index in [2.05, 4.69) is 0 Å². The first-order valence-corrected chi connectivity index (χ1v) is 10.6. The number of fused-ring (bicyclic) bond motifs is 2. The maximum atomic E-state index is 11.9. The lowest BCUT2D eigenvalue weighted by atomic mass is 10.1. The van der Waals surface area contributed by atoms with E-state index in [9.17, 15) is 13.0 Å². The third kappa shape index (κ3) is 11.3. The van der Waals surface area contributed by atoms with E-state index in [4.69, 9.17) is 28.4 Å². The van der Waals surface area contributed by atoms with E-state index in [1.54, 1.807) is 18.2 Å². The topological polar surface area (TPSA) is 173 Å². The van der Waals surface area contributed by atoms with Crippen LogP contribution in [-0.4, -0.2) is 90.0 Å². The zero-order valence-electron chi connectivity index (χ0n) is 16.8. The van der Waals surface area contributed by atoms with Gasteiger partial charge in [-0.05, 0) is 11.1 Å². The zero-order chi connectivity index (χ0) is 20.1. The van der Waals surface area contributed by atoms with Gasteiger partial charge in [-0.25, -0.2) is 0 Å². The first-order chi connectivity index (χ1) is 13.6. The minimum absolute atomic E-state index is 0. The molecule has 0 spiro atoms. The molecule has 1 aliphatic heterocycles. The Morgan fingerprint density at radius 1 is 0.600 bits per heavy atom. The molecular weight excluding hydrogens is 424 g/mol. The third-order valence-corrected chi connectivity index (χ3v) is 4.85. The highest BCUT2D eigenvalue weighted by Gasteiger charge is 2.20. The highest BCUT2D eigenvalue weighted by molar-refractivity contribution is 7.86. The summed E-state index contributed by atoms with van der Waals surface area (Å²) < 4.78 is 65.8. The average Bonchev–Trinajstić information content (AvgIpc) is 2.65. The van der Waals surface area contributed by atoms with Crippen LogP contribution in [0.25, 0.3) is 0 Å².